The minimum Gasteiger partial charge on any atom is -0.316 e. The molecular weight excluding hydrogens is 283 g/mol. The number of benzene rings is 1. The summed E-state index contributed by atoms with van der Waals surface area (Å²) < 4.78 is 15.5. The molecule has 0 aliphatic carbocycles. The minimum absolute atomic E-state index is 0.348. The lowest BCUT2D eigenvalue weighted by atomic mass is 10.2. The van der Waals surface area contributed by atoms with E-state index in [1.165, 1.54) is 17.5 Å². The van der Waals surface area contributed by atoms with Crippen LogP contribution < -0.4 is 4.83 Å². The first kappa shape index (κ1) is 16.4. The minimum atomic E-state index is -1.25. The van der Waals surface area contributed by atoms with Gasteiger partial charge in [0, 0.05) is 24.0 Å². The largest absolute Gasteiger partial charge is 0.332 e. The van der Waals surface area contributed by atoms with Crippen LogP contribution in [0.1, 0.15) is 12.5 Å². The van der Waals surface area contributed by atoms with Gasteiger partial charge in [-0.2, -0.15) is 5.10 Å². The summed E-state index contributed by atoms with van der Waals surface area (Å²) in [4.78, 5) is 3.99. The molecule has 7 heteroatoms. The van der Waals surface area contributed by atoms with Crippen LogP contribution in [0.3, 0.4) is 0 Å². The molecule has 0 saturated heterocycles. The first-order valence-corrected chi connectivity index (χ1v) is 7.77. The second-order valence-corrected chi connectivity index (χ2v) is 5.62. The molecule has 0 spiro atoms. The summed E-state index contributed by atoms with van der Waals surface area (Å²) in [5.74, 6) is 0. The summed E-state index contributed by atoms with van der Waals surface area (Å²) in [7, 11) is 0.307. The molecule has 0 amide bonds. The molecule has 0 bridgehead atoms. The van der Waals surface area contributed by atoms with Crippen LogP contribution in [0.5, 0.6) is 0 Å². The molecule has 5 nitrogen and oxygen atoms in total. The van der Waals surface area contributed by atoms with Crippen molar-refractivity contribution in [2.45, 2.75) is 18.7 Å². The van der Waals surface area contributed by atoms with Crippen molar-refractivity contribution < 1.29 is 13.6 Å². The molecular formula is C12H19N2O3PS. The molecule has 0 aromatic heterocycles. The quantitative estimate of drug-likeness (QED) is 0.327. The molecule has 106 valence electrons. The lowest BCUT2D eigenvalue weighted by Crippen LogP contribution is -1.99. The van der Waals surface area contributed by atoms with Crippen LogP contribution in [0.2, 0.25) is 0 Å². The normalized spacial score (nSPS) is 12.8. The van der Waals surface area contributed by atoms with Gasteiger partial charge < -0.3 is 13.6 Å². The van der Waals surface area contributed by atoms with Crippen LogP contribution >= 0.6 is 20.6 Å². The van der Waals surface area contributed by atoms with Crippen LogP contribution in [0.4, 0.5) is 0 Å². The van der Waals surface area contributed by atoms with Crippen molar-refractivity contribution in [2.24, 2.45) is 5.10 Å². The second-order valence-electron chi connectivity index (χ2n) is 3.44. The van der Waals surface area contributed by atoms with Crippen LogP contribution in [0.25, 0.3) is 0 Å². The fourth-order valence-corrected chi connectivity index (χ4v) is 2.29. The number of hydrazone groups is 1. The Morgan fingerprint density at radius 3 is 2.68 bits per heavy atom. The maximum absolute atomic E-state index is 5.32. The molecule has 1 aromatic carbocycles. The van der Waals surface area contributed by atoms with Gasteiger partial charge in [0.2, 0.25) is 0 Å². The Hall–Kier alpha value is -0.650. The Bertz CT molecular complexity index is 376. The number of aryl methyl sites for hydroxylation is 1. The van der Waals surface area contributed by atoms with E-state index in [0.29, 0.717) is 13.2 Å². The predicted molar refractivity (Wildman–Crippen MR) is 80.2 cm³/mol. The zero-order valence-corrected chi connectivity index (χ0v) is 13.0. The van der Waals surface area contributed by atoms with Crippen LogP contribution in [-0.4, -0.2) is 26.5 Å². The molecule has 0 radical (unpaired) electrons. The van der Waals surface area contributed by atoms with Gasteiger partial charge in [-0.05, 0) is 26.0 Å². The van der Waals surface area contributed by atoms with E-state index < -0.39 is 8.60 Å². The molecule has 0 aliphatic heterocycles. The number of nitrogens with one attached hydrogen (secondary N) is 1. The monoisotopic (exact) mass is 302 g/mol. The van der Waals surface area contributed by atoms with Gasteiger partial charge in [0.25, 0.3) is 0 Å². The fraction of sp³-hybridized carbons (Fsp3) is 0.417. The van der Waals surface area contributed by atoms with E-state index >= 15 is 0 Å². The van der Waals surface area contributed by atoms with E-state index in [9.17, 15) is 0 Å². The van der Waals surface area contributed by atoms with Crippen molar-refractivity contribution >= 4 is 26.8 Å². The van der Waals surface area contributed by atoms with E-state index in [4.69, 9.17) is 13.6 Å². The number of hydrogen-bond acceptors (Lipinski definition) is 6. The van der Waals surface area contributed by atoms with Crippen molar-refractivity contribution in [3.63, 3.8) is 0 Å². The average Bonchev–Trinajstić information content (AvgIpc) is 2.43. The second kappa shape index (κ2) is 10.2. The maximum Gasteiger partial charge on any atom is 0.332 e. The molecule has 0 saturated carbocycles. The molecule has 19 heavy (non-hydrogen) atoms. The summed E-state index contributed by atoms with van der Waals surface area (Å²) in [6.07, 6.45) is 1.63. The van der Waals surface area contributed by atoms with Gasteiger partial charge in [-0.1, -0.05) is 17.7 Å². The van der Waals surface area contributed by atoms with Crippen molar-refractivity contribution in [1.29, 1.82) is 0 Å². The summed E-state index contributed by atoms with van der Waals surface area (Å²) in [6.45, 7) is 4.87. The first-order valence-electron chi connectivity index (χ1n) is 5.86. The first-order chi connectivity index (χ1) is 9.26. The Morgan fingerprint density at radius 1 is 1.32 bits per heavy atom. The maximum atomic E-state index is 5.32. The summed E-state index contributed by atoms with van der Waals surface area (Å²) in [5, 5.41) is 4.02. The fourth-order valence-electron chi connectivity index (χ4n) is 1.10. The van der Waals surface area contributed by atoms with Crippen LogP contribution in [0, 0.1) is 6.92 Å². The highest BCUT2D eigenvalue weighted by atomic mass is 32.2. The number of rotatable bonds is 9. The van der Waals surface area contributed by atoms with E-state index in [-0.39, 0.29) is 0 Å². The van der Waals surface area contributed by atoms with Gasteiger partial charge >= 0.3 is 8.60 Å². The number of hydrogen-bond donors (Lipinski definition) is 1. The third-order valence-corrected chi connectivity index (χ3v) is 3.80. The molecule has 0 fully saturated rings. The van der Waals surface area contributed by atoms with Crippen LogP contribution in [0.15, 0.2) is 34.3 Å². The van der Waals surface area contributed by atoms with Crippen molar-refractivity contribution in [3.05, 3.63) is 29.8 Å². The van der Waals surface area contributed by atoms with Gasteiger partial charge in [0.05, 0.1) is 19.4 Å². The lowest BCUT2D eigenvalue weighted by molar-refractivity contribution is 0.205. The Kier molecular flexibility index (Phi) is 8.79. The van der Waals surface area contributed by atoms with Crippen molar-refractivity contribution in [3.8, 4) is 0 Å². The smallest absolute Gasteiger partial charge is 0.316 e. The highest BCUT2D eigenvalue weighted by Crippen LogP contribution is 2.37. The Labute approximate surface area is 119 Å². The molecule has 1 N–H and O–H groups in total. The van der Waals surface area contributed by atoms with E-state index in [0.717, 1.165) is 4.90 Å². The molecule has 1 unspecified atom stereocenters. The van der Waals surface area contributed by atoms with E-state index in [1.54, 1.807) is 13.3 Å². The zero-order valence-electron chi connectivity index (χ0n) is 11.3. The third-order valence-electron chi connectivity index (χ3n) is 1.97. The highest BCUT2D eigenvalue weighted by Gasteiger charge is 2.06. The molecule has 1 atom stereocenters. The average molecular weight is 302 g/mol. The van der Waals surface area contributed by atoms with Crippen molar-refractivity contribution in [2.75, 3.05) is 20.3 Å². The topological polar surface area (TPSA) is 52.1 Å². The zero-order chi connectivity index (χ0) is 13.9. The summed E-state index contributed by atoms with van der Waals surface area (Å²) >= 11 is 1.44. The molecule has 0 aliphatic rings. The van der Waals surface area contributed by atoms with Gasteiger partial charge in [0.1, 0.15) is 0 Å². The summed E-state index contributed by atoms with van der Waals surface area (Å²) in [5.41, 5.74) is 1.24. The van der Waals surface area contributed by atoms with Gasteiger partial charge in [-0.3, -0.25) is 0 Å². The Morgan fingerprint density at radius 2 is 2.05 bits per heavy atom. The SMILES string of the molecule is CCOP(OC)OC/C=N/NSc1ccc(C)cc1. The number of nitrogens with zero attached hydrogens (tertiary/aromatic N) is 1. The van der Waals surface area contributed by atoms with Gasteiger partial charge in [0.15, 0.2) is 0 Å². The predicted octanol–water partition coefficient (Wildman–Crippen LogP) is 3.50. The summed E-state index contributed by atoms with van der Waals surface area (Å²) in [6, 6.07) is 8.20. The van der Waals surface area contributed by atoms with Gasteiger partial charge in [-0.25, -0.2) is 4.83 Å². The van der Waals surface area contributed by atoms with E-state index in [1.807, 2.05) is 19.1 Å². The van der Waals surface area contributed by atoms with Crippen molar-refractivity contribution in [1.82, 2.24) is 4.83 Å². The highest BCUT2D eigenvalue weighted by molar-refractivity contribution is 7.97. The third kappa shape index (κ3) is 7.50. The molecule has 1 aromatic rings. The lowest BCUT2D eigenvalue weighted by Gasteiger charge is -2.11. The molecule has 1 rings (SSSR count). The standard InChI is InChI=1S/C12H19N2O3PS/c1-4-16-18(15-3)17-10-9-13-14-19-12-7-5-11(2)6-8-12/h5-9,14H,4,10H2,1-3H3/b13-9+. The van der Waals surface area contributed by atoms with E-state index in [2.05, 4.69) is 29.0 Å². The molecule has 0 heterocycles. The Balaban J connectivity index is 2.15. The van der Waals surface area contributed by atoms with Gasteiger partial charge in [-0.15, -0.1) is 0 Å². The van der Waals surface area contributed by atoms with Crippen LogP contribution in [-0.2, 0) is 13.6 Å².